The number of hydrogen-bond acceptors (Lipinski definition) is 4. The van der Waals surface area contributed by atoms with E-state index in [4.69, 9.17) is 5.73 Å². The summed E-state index contributed by atoms with van der Waals surface area (Å²) in [6, 6.07) is 10.2. The second kappa shape index (κ2) is 8.85. The van der Waals surface area contributed by atoms with Gasteiger partial charge in [-0.25, -0.2) is 0 Å². The summed E-state index contributed by atoms with van der Waals surface area (Å²) in [5.74, 6) is -0.164. The summed E-state index contributed by atoms with van der Waals surface area (Å²) in [5.41, 5.74) is 6.33. The molecule has 3 N–H and O–H groups in total. The molecule has 0 saturated carbocycles. The van der Waals surface area contributed by atoms with Gasteiger partial charge in [-0.05, 0) is 50.8 Å². The second-order valence-corrected chi connectivity index (χ2v) is 8.19. The lowest BCUT2D eigenvalue weighted by Gasteiger charge is -2.43. The average molecular weight is 373 g/mol. The third-order valence-electron chi connectivity index (χ3n) is 6.12. The minimum absolute atomic E-state index is 0.0563. The van der Waals surface area contributed by atoms with Crippen LogP contribution in [-0.4, -0.2) is 66.1 Å². The lowest BCUT2D eigenvalue weighted by atomic mass is 9.75. The normalized spacial score (nSPS) is 24.7. The van der Waals surface area contributed by atoms with E-state index in [9.17, 15) is 14.7 Å². The van der Waals surface area contributed by atoms with E-state index < -0.39 is 0 Å². The topological polar surface area (TPSA) is 86.9 Å². The minimum atomic E-state index is -0.256. The van der Waals surface area contributed by atoms with Crippen LogP contribution in [0.4, 0.5) is 0 Å². The molecule has 2 aliphatic rings. The molecule has 0 bridgehead atoms. The van der Waals surface area contributed by atoms with E-state index in [2.05, 4.69) is 17.0 Å². The van der Waals surface area contributed by atoms with Gasteiger partial charge in [0.25, 0.3) is 0 Å². The van der Waals surface area contributed by atoms with Gasteiger partial charge in [0, 0.05) is 24.4 Å². The Hall–Kier alpha value is -1.92. The molecule has 6 heteroatoms. The summed E-state index contributed by atoms with van der Waals surface area (Å²) in [6.45, 7) is 3.32. The molecule has 3 rings (SSSR count). The molecule has 0 aromatic heterocycles. The largest absolute Gasteiger partial charge is 0.396 e. The van der Waals surface area contributed by atoms with Crippen molar-refractivity contribution in [2.24, 2.45) is 17.1 Å². The number of rotatable bonds is 6. The van der Waals surface area contributed by atoms with Crippen LogP contribution < -0.4 is 5.73 Å². The van der Waals surface area contributed by atoms with Gasteiger partial charge in [-0.2, -0.15) is 0 Å². The Labute approximate surface area is 161 Å². The summed E-state index contributed by atoms with van der Waals surface area (Å²) in [4.78, 5) is 28.2. The van der Waals surface area contributed by atoms with Gasteiger partial charge in [0.05, 0.1) is 13.2 Å². The molecular weight excluding hydrogens is 342 g/mol. The van der Waals surface area contributed by atoms with Gasteiger partial charge in [0.15, 0.2) is 0 Å². The maximum atomic E-state index is 12.8. The number of carbonyl (C=O) groups excluding carboxylic acids is 2. The van der Waals surface area contributed by atoms with Crippen LogP contribution in [0.5, 0.6) is 0 Å². The number of amides is 2. The summed E-state index contributed by atoms with van der Waals surface area (Å²) < 4.78 is 0. The first-order valence-corrected chi connectivity index (χ1v) is 9.96. The molecule has 2 aliphatic heterocycles. The molecule has 1 aromatic rings. The SMILES string of the molecule is NC(=O)C1CCN(CC(=O)N2CCCC(CO)(Cc3ccccc3)C2)CC1. The monoisotopic (exact) mass is 373 g/mol. The molecule has 27 heavy (non-hydrogen) atoms. The first kappa shape index (κ1) is 19.8. The van der Waals surface area contributed by atoms with Crippen molar-refractivity contribution in [1.29, 1.82) is 0 Å². The molecule has 1 aromatic carbocycles. The predicted molar refractivity (Wildman–Crippen MR) is 104 cm³/mol. The second-order valence-electron chi connectivity index (χ2n) is 8.19. The quantitative estimate of drug-likeness (QED) is 0.780. The average Bonchev–Trinajstić information content (AvgIpc) is 2.69. The molecule has 148 valence electrons. The fourth-order valence-electron chi connectivity index (χ4n) is 4.45. The number of aliphatic hydroxyl groups is 1. The molecule has 0 radical (unpaired) electrons. The molecule has 0 spiro atoms. The molecule has 1 atom stereocenters. The molecular formula is C21H31N3O3. The summed E-state index contributed by atoms with van der Waals surface area (Å²) >= 11 is 0. The first-order chi connectivity index (χ1) is 13.0. The smallest absolute Gasteiger partial charge is 0.236 e. The minimum Gasteiger partial charge on any atom is -0.396 e. The van der Waals surface area contributed by atoms with Gasteiger partial charge >= 0.3 is 0 Å². The Bertz CT molecular complexity index is 643. The van der Waals surface area contributed by atoms with Gasteiger partial charge in [-0.15, -0.1) is 0 Å². The zero-order chi connectivity index (χ0) is 19.3. The van der Waals surface area contributed by atoms with E-state index in [0.29, 0.717) is 13.1 Å². The number of aliphatic hydroxyl groups excluding tert-OH is 1. The Kier molecular flexibility index (Phi) is 6.50. The van der Waals surface area contributed by atoms with Crippen LogP contribution in [0.25, 0.3) is 0 Å². The van der Waals surface area contributed by atoms with Gasteiger partial charge in [0.1, 0.15) is 0 Å². The number of nitrogens with zero attached hydrogens (tertiary/aromatic N) is 2. The van der Waals surface area contributed by atoms with E-state index in [1.807, 2.05) is 23.1 Å². The van der Waals surface area contributed by atoms with Gasteiger partial charge < -0.3 is 15.7 Å². The maximum Gasteiger partial charge on any atom is 0.236 e. The fraction of sp³-hybridized carbons (Fsp3) is 0.619. The summed E-state index contributed by atoms with van der Waals surface area (Å²) in [7, 11) is 0. The van der Waals surface area contributed by atoms with Crippen molar-refractivity contribution in [3.05, 3.63) is 35.9 Å². The number of carbonyl (C=O) groups is 2. The van der Waals surface area contributed by atoms with Crippen molar-refractivity contribution in [3.8, 4) is 0 Å². The zero-order valence-electron chi connectivity index (χ0n) is 16.0. The zero-order valence-corrected chi connectivity index (χ0v) is 16.0. The van der Waals surface area contributed by atoms with Crippen molar-refractivity contribution in [1.82, 2.24) is 9.80 Å². The van der Waals surface area contributed by atoms with Crippen LogP contribution in [0.1, 0.15) is 31.2 Å². The third-order valence-corrected chi connectivity index (χ3v) is 6.12. The van der Waals surface area contributed by atoms with Crippen LogP contribution in [0, 0.1) is 11.3 Å². The lowest BCUT2D eigenvalue weighted by molar-refractivity contribution is -0.137. The van der Waals surface area contributed by atoms with E-state index in [-0.39, 0.29) is 29.8 Å². The highest BCUT2D eigenvalue weighted by molar-refractivity contribution is 5.79. The molecule has 0 aliphatic carbocycles. The van der Waals surface area contributed by atoms with Gasteiger partial charge in [-0.3, -0.25) is 14.5 Å². The van der Waals surface area contributed by atoms with Gasteiger partial charge in [0.2, 0.25) is 11.8 Å². The molecule has 2 fully saturated rings. The fourth-order valence-corrected chi connectivity index (χ4v) is 4.45. The van der Waals surface area contributed by atoms with Crippen LogP contribution in [0.2, 0.25) is 0 Å². The third kappa shape index (κ3) is 5.08. The molecule has 6 nitrogen and oxygen atoms in total. The standard InChI is InChI=1S/C21H31N3O3/c22-20(27)18-7-11-23(12-8-18)14-19(26)24-10-4-9-21(15-24,16-25)13-17-5-2-1-3-6-17/h1-3,5-6,18,25H,4,7-16H2,(H2,22,27). The number of likely N-dealkylation sites (tertiary alicyclic amines) is 2. The number of piperidine rings is 2. The highest BCUT2D eigenvalue weighted by atomic mass is 16.3. The number of nitrogens with two attached hydrogens (primary N) is 1. The van der Waals surface area contributed by atoms with Crippen molar-refractivity contribution < 1.29 is 14.7 Å². The van der Waals surface area contributed by atoms with E-state index >= 15 is 0 Å². The Balaban J connectivity index is 1.56. The predicted octanol–water partition coefficient (Wildman–Crippen LogP) is 1.03. The highest BCUT2D eigenvalue weighted by Crippen LogP contribution is 2.33. The van der Waals surface area contributed by atoms with Crippen LogP contribution in [0.15, 0.2) is 30.3 Å². The lowest BCUT2D eigenvalue weighted by Crippen LogP contribution is -2.52. The first-order valence-electron chi connectivity index (χ1n) is 9.96. The molecule has 1 unspecified atom stereocenters. The highest BCUT2D eigenvalue weighted by Gasteiger charge is 2.37. The van der Waals surface area contributed by atoms with Crippen molar-refractivity contribution >= 4 is 11.8 Å². The van der Waals surface area contributed by atoms with Crippen molar-refractivity contribution in [2.75, 3.05) is 39.3 Å². The van der Waals surface area contributed by atoms with Crippen molar-refractivity contribution in [3.63, 3.8) is 0 Å². The number of benzene rings is 1. The Morgan fingerprint density at radius 3 is 2.48 bits per heavy atom. The number of hydrogen-bond donors (Lipinski definition) is 2. The van der Waals surface area contributed by atoms with Crippen LogP contribution in [0.3, 0.4) is 0 Å². The summed E-state index contributed by atoms with van der Waals surface area (Å²) in [6.07, 6.45) is 4.11. The molecule has 2 amide bonds. The van der Waals surface area contributed by atoms with Crippen LogP contribution >= 0.6 is 0 Å². The van der Waals surface area contributed by atoms with Gasteiger partial charge in [-0.1, -0.05) is 30.3 Å². The van der Waals surface area contributed by atoms with E-state index in [0.717, 1.165) is 51.7 Å². The Morgan fingerprint density at radius 2 is 1.85 bits per heavy atom. The maximum absolute atomic E-state index is 12.8. The summed E-state index contributed by atoms with van der Waals surface area (Å²) in [5, 5.41) is 10.1. The molecule has 2 heterocycles. The van der Waals surface area contributed by atoms with Crippen molar-refractivity contribution in [2.45, 2.75) is 32.1 Å². The molecule has 2 saturated heterocycles. The van der Waals surface area contributed by atoms with E-state index in [1.54, 1.807) is 0 Å². The Morgan fingerprint density at radius 1 is 1.15 bits per heavy atom. The van der Waals surface area contributed by atoms with Crippen LogP contribution in [-0.2, 0) is 16.0 Å². The van der Waals surface area contributed by atoms with E-state index in [1.165, 1.54) is 5.56 Å². The number of primary amides is 1.